The largest absolute Gasteiger partial charge is 0.265 e. The summed E-state index contributed by atoms with van der Waals surface area (Å²) in [6.07, 6.45) is 3.55. The van der Waals surface area contributed by atoms with Gasteiger partial charge in [-0.15, -0.1) is 16.9 Å². The van der Waals surface area contributed by atoms with Gasteiger partial charge in [0.1, 0.15) is 0 Å². The third-order valence-electron chi connectivity index (χ3n) is 1.72. The second-order valence-electron chi connectivity index (χ2n) is 2.82. The third kappa shape index (κ3) is 3.18. The van der Waals surface area contributed by atoms with Gasteiger partial charge in [-0.3, -0.25) is 4.98 Å². The van der Waals surface area contributed by atoms with Crippen LogP contribution in [0.4, 0.5) is 0 Å². The fourth-order valence-electron chi connectivity index (χ4n) is 1.01. The molecule has 0 radical (unpaired) electrons. The molecule has 0 saturated heterocycles. The van der Waals surface area contributed by atoms with Gasteiger partial charge in [0.15, 0.2) is 5.15 Å². The molecule has 0 aliphatic heterocycles. The van der Waals surface area contributed by atoms with Crippen LogP contribution in [0.5, 0.6) is 0 Å². The van der Waals surface area contributed by atoms with Crippen molar-refractivity contribution in [3.8, 4) is 0 Å². The van der Waals surface area contributed by atoms with Gasteiger partial charge in [-0.25, -0.2) is 0 Å². The van der Waals surface area contributed by atoms with E-state index >= 15 is 0 Å². The van der Waals surface area contributed by atoms with Gasteiger partial charge in [0.2, 0.25) is 0 Å². The van der Waals surface area contributed by atoms with Crippen LogP contribution in [-0.2, 0) is 5.75 Å². The zero-order valence-corrected chi connectivity index (χ0v) is 9.37. The number of hydrogen-bond acceptors (Lipinski definition) is 4. The molecule has 15 heavy (non-hydrogen) atoms. The fraction of sp³-hybridized carbons (Fsp3) is 0.100. The van der Waals surface area contributed by atoms with Crippen molar-refractivity contribution < 1.29 is 0 Å². The molecule has 0 aromatic carbocycles. The Balaban J connectivity index is 1.96. The molecular weight excluding hydrogens is 230 g/mol. The van der Waals surface area contributed by atoms with Crippen LogP contribution in [0.15, 0.2) is 41.6 Å². The maximum absolute atomic E-state index is 5.64. The average Bonchev–Trinajstić information content (AvgIpc) is 2.30. The van der Waals surface area contributed by atoms with E-state index < -0.39 is 0 Å². The van der Waals surface area contributed by atoms with Crippen LogP contribution in [0, 0.1) is 0 Å². The van der Waals surface area contributed by atoms with Crippen molar-refractivity contribution in [1.29, 1.82) is 0 Å². The van der Waals surface area contributed by atoms with Gasteiger partial charge in [-0.2, -0.15) is 5.10 Å². The standard InChI is InChI=1S/C10H8ClN3S/c11-10-2-1-8(13-14-10)7-15-9-3-5-12-6-4-9/h1-6H,7H2. The Kier molecular flexibility index (Phi) is 3.53. The first kappa shape index (κ1) is 10.4. The molecule has 0 aliphatic carbocycles. The molecule has 2 heterocycles. The predicted octanol–water partition coefficient (Wildman–Crippen LogP) is 2.82. The summed E-state index contributed by atoms with van der Waals surface area (Å²) in [6.45, 7) is 0. The lowest BCUT2D eigenvalue weighted by molar-refractivity contribution is 0.971. The van der Waals surface area contributed by atoms with Gasteiger partial charge >= 0.3 is 0 Å². The molecule has 5 heteroatoms. The summed E-state index contributed by atoms with van der Waals surface area (Å²) in [5, 5.41) is 8.18. The number of halogens is 1. The normalized spacial score (nSPS) is 10.2. The number of aromatic nitrogens is 3. The summed E-state index contributed by atoms with van der Waals surface area (Å²) in [5.41, 5.74) is 0.918. The summed E-state index contributed by atoms with van der Waals surface area (Å²) in [6, 6.07) is 7.56. The first-order valence-corrected chi connectivity index (χ1v) is 5.72. The molecule has 0 amide bonds. The molecule has 2 aromatic heterocycles. The Hall–Kier alpha value is -1.13. The van der Waals surface area contributed by atoms with Crippen LogP contribution in [0.25, 0.3) is 0 Å². The lowest BCUT2D eigenvalue weighted by atomic mass is 10.4. The second kappa shape index (κ2) is 5.09. The van der Waals surface area contributed by atoms with E-state index in [0.29, 0.717) is 5.15 Å². The molecule has 76 valence electrons. The average molecular weight is 238 g/mol. The molecule has 2 rings (SSSR count). The molecule has 0 fully saturated rings. The third-order valence-corrected chi connectivity index (χ3v) is 2.97. The molecule has 0 bridgehead atoms. The predicted molar refractivity (Wildman–Crippen MR) is 60.8 cm³/mol. The second-order valence-corrected chi connectivity index (χ2v) is 4.25. The van der Waals surface area contributed by atoms with E-state index in [2.05, 4.69) is 15.2 Å². The Morgan fingerprint density at radius 3 is 2.53 bits per heavy atom. The lowest BCUT2D eigenvalue weighted by Gasteiger charge is -1.99. The number of pyridine rings is 1. The van der Waals surface area contributed by atoms with Crippen molar-refractivity contribution in [1.82, 2.24) is 15.2 Å². The summed E-state index contributed by atoms with van der Waals surface area (Å²) < 4.78 is 0. The Morgan fingerprint density at radius 2 is 1.87 bits per heavy atom. The number of hydrogen-bond donors (Lipinski definition) is 0. The first-order chi connectivity index (χ1) is 7.34. The molecule has 0 aliphatic rings. The van der Waals surface area contributed by atoms with E-state index in [-0.39, 0.29) is 0 Å². The molecule has 3 nitrogen and oxygen atoms in total. The maximum Gasteiger partial charge on any atom is 0.151 e. The SMILES string of the molecule is Clc1ccc(CSc2ccncc2)nn1. The van der Waals surface area contributed by atoms with Crippen molar-refractivity contribution in [2.45, 2.75) is 10.6 Å². The lowest BCUT2D eigenvalue weighted by Crippen LogP contribution is -1.89. The molecule has 0 N–H and O–H groups in total. The van der Waals surface area contributed by atoms with Crippen LogP contribution in [0.3, 0.4) is 0 Å². The quantitative estimate of drug-likeness (QED) is 0.770. The van der Waals surface area contributed by atoms with Crippen LogP contribution >= 0.6 is 23.4 Å². The zero-order chi connectivity index (χ0) is 10.5. The Morgan fingerprint density at radius 1 is 1.07 bits per heavy atom. The smallest absolute Gasteiger partial charge is 0.151 e. The van der Waals surface area contributed by atoms with Crippen LogP contribution in [0.2, 0.25) is 5.15 Å². The summed E-state index contributed by atoms with van der Waals surface area (Å²) >= 11 is 7.33. The number of nitrogens with zero attached hydrogens (tertiary/aromatic N) is 3. The van der Waals surface area contributed by atoms with Crippen molar-refractivity contribution in [2.24, 2.45) is 0 Å². The molecule has 0 spiro atoms. The van der Waals surface area contributed by atoms with E-state index in [4.69, 9.17) is 11.6 Å². The van der Waals surface area contributed by atoms with Crippen molar-refractivity contribution in [2.75, 3.05) is 0 Å². The highest BCUT2D eigenvalue weighted by molar-refractivity contribution is 7.98. The van der Waals surface area contributed by atoms with Gasteiger partial charge in [-0.05, 0) is 24.3 Å². The summed E-state index contributed by atoms with van der Waals surface area (Å²) in [7, 11) is 0. The van der Waals surface area contributed by atoms with E-state index in [1.807, 2.05) is 18.2 Å². The first-order valence-electron chi connectivity index (χ1n) is 4.35. The van der Waals surface area contributed by atoms with Crippen LogP contribution < -0.4 is 0 Å². The number of thioether (sulfide) groups is 1. The highest BCUT2D eigenvalue weighted by atomic mass is 35.5. The molecule has 0 unspecified atom stereocenters. The van der Waals surface area contributed by atoms with E-state index in [1.165, 1.54) is 4.90 Å². The van der Waals surface area contributed by atoms with Crippen LogP contribution in [-0.4, -0.2) is 15.2 Å². The monoisotopic (exact) mass is 237 g/mol. The molecular formula is C10H8ClN3S. The summed E-state index contributed by atoms with van der Waals surface area (Å²) in [4.78, 5) is 5.12. The Bertz CT molecular complexity index is 418. The fourth-order valence-corrected chi connectivity index (χ4v) is 1.90. The molecule has 0 saturated carbocycles. The highest BCUT2D eigenvalue weighted by Crippen LogP contribution is 2.20. The van der Waals surface area contributed by atoms with E-state index in [1.54, 1.807) is 30.2 Å². The Labute approximate surface area is 96.9 Å². The molecule has 2 aromatic rings. The molecule has 0 atom stereocenters. The van der Waals surface area contributed by atoms with Gasteiger partial charge in [0.25, 0.3) is 0 Å². The van der Waals surface area contributed by atoms with Gasteiger partial charge in [0.05, 0.1) is 5.69 Å². The minimum atomic E-state index is 0.424. The van der Waals surface area contributed by atoms with Crippen LogP contribution in [0.1, 0.15) is 5.69 Å². The van der Waals surface area contributed by atoms with Crippen molar-refractivity contribution in [3.05, 3.63) is 47.5 Å². The van der Waals surface area contributed by atoms with E-state index in [9.17, 15) is 0 Å². The van der Waals surface area contributed by atoms with Gasteiger partial charge < -0.3 is 0 Å². The van der Waals surface area contributed by atoms with Crippen molar-refractivity contribution >= 4 is 23.4 Å². The minimum absolute atomic E-state index is 0.424. The van der Waals surface area contributed by atoms with Gasteiger partial charge in [0, 0.05) is 23.0 Å². The highest BCUT2D eigenvalue weighted by Gasteiger charge is 1.98. The summed E-state index contributed by atoms with van der Waals surface area (Å²) in [5.74, 6) is 0.786. The topological polar surface area (TPSA) is 38.7 Å². The van der Waals surface area contributed by atoms with Gasteiger partial charge in [-0.1, -0.05) is 11.6 Å². The van der Waals surface area contributed by atoms with E-state index in [0.717, 1.165) is 11.4 Å². The van der Waals surface area contributed by atoms with Crippen molar-refractivity contribution in [3.63, 3.8) is 0 Å². The zero-order valence-electron chi connectivity index (χ0n) is 7.80. The number of rotatable bonds is 3. The maximum atomic E-state index is 5.64. The minimum Gasteiger partial charge on any atom is -0.265 e.